The Morgan fingerprint density at radius 3 is 2.62 bits per heavy atom. The summed E-state index contributed by atoms with van der Waals surface area (Å²) in [7, 11) is 1.86. The van der Waals surface area contributed by atoms with Gasteiger partial charge in [-0.2, -0.15) is 18.2 Å². The van der Waals surface area contributed by atoms with Gasteiger partial charge in [-0.25, -0.2) is 0 Å². The highest BCUT2D eigenvalue weighted by molar-refractivity contribution is 5.36. The summed E-state index contributed by atoms with van der Waals surface area (Å²) in [5.41, 5.74) is -0.652. The van der Waals surface area contributed by atoms with E-state index < -0.39 is 17.2 Å². The first-order valence-corrected chi connectivity index (χ1v) is 9.03. The molecule has 1 N–H and O–H groups in total. The molecule has 1 aromatic heterocycles. The van der Waals surface area contributed by atoms with E-state index in [1.807, 2.05) is 14.0 Å². The molecule has 1 heterocycles. The van der Waals surface area contributed by atoms with Crippen molar-refractivity contribution in [2.24, 2.45) is 0 Å². The van der Waals surface area contributed by atoms with Crippen LogP contribution in [0.25, 0.3) is 0 Å². The first kappa shape index (κ1) is 18.9. The summed E-state index contributed by atoms with van der Waals surface area (Å²) >= 11 is 0. The summed E-state index contributed by atoms with van der Waals surface area (Å²) in [5.74, 6) is 1.02. The van der Waals surface area contributed by atoms with Crippen molar-refractivity contribution in [1.29, 1.82) is 0 Å². The molecule has 1 aliphatic carbocycles. The second kappa shape index (κ2) is 7.39. The summed E-state index contributed by atoms with van der Waals surface area (Å²) in [6.45, 7) is 2.01. The molecule has 26 heavy (non-hydrogen) atoms. The lowest BCUT2D eigenvalue weighted by Crippen LogP contribution is -2.31. The van der Waals surface area contributed by atoms with Gasteiger partial charge in [0.2, 0.25) is 5.89 Å². The molecule has 1 fully saturated rings. The number of benzene rings is 1. The molecule has 0 bridgehead atoms. The zero-order valence-electron chi connectivity index (χ0n) is 15.1. The number of nitrogens with zero attached hydrogens (tertiary/aromatic N) is 2. The van der Waals surface area contributed by atoms with Gasteiger partial charge in [0.25, 0.3) is 0 Å². The van der Waals surface area contributed by atoms with E-state index in [4.69, 9.17) is 4.52 Å². The molecule has 3 rings (SSSR count). The fourth-order valence-corrected chi connectivity index (χ4v) is 3.68. The van der Waals surface area contributed by atoms with Crippen LogP contribution < -0.4 is 5.32 Å². The smallest absolute Gasteiger partial charge is 0.338 e. The van der Waals surface area contributed by atoms with Crippen molar-refractivity contribution in [3.63, 3.8) is 0 Å². The predicted octanol–water partition coefficient (Wildman–Crippen LogP) is 4.49. The van der Waals surface area contributed by atoms with Crippen molar-refractivity contribution < 1.29 is 17.7 Å². The molecule has 0 aliphatic heterocycles. The van der Waals surface area contributed by atoms with Crippen LogP contribution in [-0.2, 0) is 18.0 Å². The number of likely N-dealkylation sites (N-methyl/N-ethyl adjacent to an activating group) is 1. The Morgan fingerprint density at radius 1 is 1.23 bits per heavy atom. The molecule has 0 saturated heterocycles. The summed E-state index contributed by atoms with van der Waals surface area (Å²) in [5, 5.41) is 7.19. The van der Waals surface area contributed by atoms with Crippen LogP contribution in [0.4, 0.5) is 13.2 Å². The molecule has 1 unspecified atom stereocenters. The van der Waals surface area contributed by atoms with Crippen molar-refractivity contribution in [2.75, 3.05) is 7.05 Å². The van der Waals surface area contributed by atoms with E-state index in [2.05, 4.69) is 15.5 Å². The number of nitrogens with one attached hydrogen (secondary N) is 1. The van der Waals surface area contributed by atoms with Gasteiger partial charge in [0.15, 0.2) is 5.82 Å². The highest BCUT2D eigenvalue weighted by Crippen LogP contribution is 2.45. The Bertz CT molecular complexity index is 736. The zero-order valence-corrected chi connectivity index (χ0v) is 15.1. The fourth-order valence-electron chi connectivity index (χ4n) is 3.68. The van der Waals surface area contributed by atoms with Gasteiger partial charge in [-0.1, -0.05) is 42.6 Å². The van der Waals surface area contributed by atoms with Gasteiger partial charge in [0.05, 0.1) is 11.0 Å². The maximum absolute atomic E-state index is 13.2. The zero-order chi connectivity index (χ0) is 18.8. The summed E-state index contributed by atoms with van der Waals surface area (Å²) in [6, 6.07) is 5.76. The highest BCUT2D eigenvalue weighted by atomic mass is 19.4. The monoisotopic (exact) mass is 367 g/mol. The summed E-state index contributed by atoms with van der Waals surface area (Å²) in [6.07, 6.45) is 0.613. The minimum atomic E-state index is -4.37. The number of aromatic nitrogens is 2. The van der Waals surface area contributed by atoms with Gasteiger partial charge < -0.3 is 9.84 Å². The Labute approximate surface area is 151 Å². The van der Waals surface area contributed by atoms with Crippen LogP contribution in [0.5, 0.6) is 0 Å². The average Bonchev–Trinajstić information content (AvgIpc) is 3.10. The average molecular weight is 367 g/mol. The number of halogens is 3. The van der Waals surface area contributed by atoms with E-state index in [0.717, 1.165) is 38.2 Å². The van der Waals surface area contributed by atoms with Crippen LogP contribution in [0.3, 0.4) is 0 Å². The lowest BCUT2D eigenvalue weighted by molar-refractivity contribution is -0.137. The standard InChI is InChI=1S/C19H24F3N3O/c1-13(23-2)11-16-24-17(26-25-16)18(9-4-3-5-10-18)14-7-6-8-15(12-14)19(20,21)22/h6-8,12-13,23H,3-5,9-11H2,1-2H3. The number of hydrogen-bond acceptors (Lipinski definition) is 4. The minimum Gasteiger partial charge on any atom is -0.338 e. The van der Waals surface area contributed by atoms with Gasteiger partial charge in [-0.15, -0.1) is 0 Å². The van der Waals surface area contributed by atoms with E-state index >= 15 is 0 Å². The number of alkyl halides is 3. The topological polar surface area (TPSA) is 51.0 Å². The summed E-state index contributed by atoms with van der Waals surface area (Å²) in [4.78, 5) is 4.56. The molecule has 1 atom stereocenters. The maximum atomic E-state index is 13.2. The second-order valence-electron chi connectivity index (χ2n) is 7.13. The van der Waals surface area contributed by atoms with Crippen LogP contribution in [-0.4, -0.2) is 23.2 Å². The third kappa shape index (κ3) is 3.77. The first-order valence-electron chi connectivity index (χ1n) is 9.03. The third-order valence-corrected chi connectivity index (χ3v) is 5.31. The van der Waals surface area contributed by atoms with Crippen LogP contribution >= 0.6 is 0 Å². The molecule has 1 aromatic carbocycles. The Hall–Kier alpha value is -1.89. The van der Waals surface area contributed by atoms with Crippen molar-refractivity contribution in [2.45, 2.75) is 63.1 Å². The molecule has 0 radical (unpaired) electrons. The van der Waals surface area contributed by atoms with Crippen molar-refractivity contribution >= 4 is 0 Å². The SMILES string of the molecule is CNC(C)Cc1noc(C2(c3cccc(C(F)(F)F)c3)CCCCC2)n1. The van der Waals surface area contributed by atoms with E-state index in [9.17, 15) is 13.2 Å². The van der Waals surface area contributed by atoms with Crippen molar-refractivity contribution in [3.8, 4) is 0 Å². The van der Waals surface area contributed by atoms with E-state index in [0.29, 0.717) is 23.7 Å². The van der Waals surface area contributed by atoms with E-state index in [-0.39, 0.29) is 6.04 Å². The molecule has 0 spiro atoms. The van der Waals surface area contributed by atoms with Gasteiger partial charge in [-0.3, -0.25) is 0 Å². The predicted molar refractivity (Wildman–Crippen MR) is 91.8 cm³/mol. The molecular weight excluding hydrogens is 343 g/mol. The van der Waals surface area contributed by atoms with Gasteiger partial charge in [0.1, 0.15) is 0 Å². The van der Waals surface area contributed by atoms with E-state index in [1.165, 1.54) is 12.1 Å². The molecule has 1 aliphatic rings. The molecule has 7 heteroatoms. The van der Waals surface area contributed by atoms with Crippen LogP contribution in [0, 0.1) is 0 Å². The largest absolute Gasteiger partial charge is 0.416 e. The van der Waals surface area contributed by atoms with Crippen LogP contribution in [0.15, 0.2) is 28.8 Å². The fraction of sp³-hybridized carbons (Fsp3) is 0.579. The normalized spacial score (nSPS) is 18.7. The Morgan fingerprint density at radius 2 is 1.96 bits per heavy atom. The van der Waals surface area contributed by atoms with Crippen molar-refractivity contribution in [3.05, 3.63) is 47.1 Å². The van der Waals surface area contributed by atoms with Gasteiger partial charge in [-0.05, 0) is 38.4 Å². The lowest BCUT2D eigenvalue weighted by Gasteiger charge is -2.34. The second-order valence-corrected chi connectivity index (χ2v) is 7.13. The third-order valence-electron chi connectivity index (χ3n) is 5.31. The number of rotatable bonds is 5. The molecule has 0 amide bonds. The lowest BCUT2D eigenvalue weighted by atomic mass is 9.69. The van der Waals surface area contributed by atoms with Crippen LogP contribution in [0.2, 0.25) is 0 Å². The quantitative estimate of drug-likeness (QED) is 0.846. The Balaban J connectivity index is 2.00. The first-order chi connectivity index (χ1) is 12.3. The molecule has 142 valence electrons. The molecule has 4 nitrogen and oxygen atoms in total. The van der Waals surface area contributed by atoms with Crippen LogP contribution in [0.1, 0.15) is 61.9 Å². The Kier molecular flexibility index (Phi) is 5.37. The summed E-state index contributed by atoms with van der Waals surface area (Å²) < 4.78 is 45.1. The minimum absolute atomic E-state index is 0.191. The van der Waals surface area contributed by atoms with Gasteiger partial charge >= 0.3 is 6.18 Å². The molecular formula is C19H24F3N3O. The molecule has 2 aromatic rings. The molecule has 1 saturated carbocycles. The van der Waals surface area contributed by atoms with Crippen molar-refractivity contribution in [1.82, 2.24) is 15.5 Å². The maximum Gasteiger partial charge on any atom is 0.416 e. The van der Waals surface area contributed by atoms with E-state index in [1.54, 1.807) is 6.07 Å². The number of hydrogen-bond donors (Lipinski definition) is 1. The van der Waals surface area contributed by atoms with Gasteiger partial charge in [0, 0.05) is 12.5 Å². The highest BCUT2D eigenvalue weighted by Gasteiger charge is 2.42.